The van der Waals surface area contributed by atoms with Crippen LogP contribution in [0.1, 0.15) is 23.2 Å². The van der Waals surface area contributed by atoms with Crippen LogP contribution in [0, 0.1) is 5.92 Å². The lowest BCUT2D eigenvalue weighted by Crippen LogP contribution is -2.45. The van der Waals surface area contributed by atoms with Crippen LogP contribution in [0.15, 0.2) is 36.5 Å². The van der Waals surface area contributed by atoms with Crippen molar-refractivity contribution in [1.82, 2.24) is 18.9 Å². The van der Waals surface area contributed by atoms with Gasteiger partial charge in [0.25, 0.3) is 16.1 Å². The highest BCUT2D eigenvalue weighted by Crippen LogP contribution is 2.20. The second kappa shape index (κ2) is 7.69. The van der Waals surface area contributed by atoms with E-state index in [2.05, 4.69) is 9.71 Å². The first-order valence-electron chi connectivity index (χ1n) is 8.68. The van der Waals surface area contributed by atoms with Crippen molar-refractivity contribution in [2.75, 3.05) is 33.7 Å². The molecule has 1 amide bonds. The molecule has 1 N–H and O–H groups in total. The summed E-state index contributed by atoms with van der Waals surface area (Å²) in [4.78, 5) is 18.9. The van der Waals surface area contributed by atoms with Gasteiger partial charge >= 0.3 is 0 Å². The van der Waals surface area contributed by atoms with Crippen molar-refractivity contribution in [3.8, 4) is 0 Å². The van der Waals surface area contributed by atoms with Crippen molar-refractivity contribution < 1.29 is 13.2 Å². The van der Waals surface area contributed by atoms with Crippen LogP contribution >= 0.6 is 0 Å². The summed E-state index contributed by atoms with van der Waals surface area (Å²) in [7, 11) is -0.452. The van der Waals surface area contributed by atoms with Crippen molar-refractivity contribution in [2.24, 2.45) is 5.92 Å². The maximum atomic E-state index is 12.9. The zero-order chi connectivity index (χ0) is 18.7. The molecule has 0 aliphatic carbocycles. The summed E-state index contributed by atoms with van der Waals surface area (Å²) in [5.74, 6) is 0.0977. The Labute approximate surface area is 154 Å². The number of amides is 1. The second-order valence-corrected chi connectivity index (χ2v) is 8.78. The third kappa shape index (κ3) is 4.20. The predicted molar refractivity (Wildman–Crippen MR) is 101 cm³/mol. The molecule has 1 aliphatic rings. The van der Waals surface area contributed by atoms with E-state index in [0.717, 1.165) is 28.0 Å². The predicted octanol–water partition coefficient (Wildman–Crippen LogP) is 1.48. The molecule has 1 aromatic heterocycles. The number of carbonyl (C=O) groups excluding carboxylic acids is 1. The normalized spacial score (nSPS) is 18.4. The zero-order valence-electron chi connectivity index (χ0n) is 15.1. The number of benzene rings is 1. The van der Waals surface area contributed by atoms with Gasteiger partial charge in [0.05, 0.1) is 5.52 Å². The number of nitrogens with one attached hydrogen (secondary N) is 1. The summed E-state index contributed by atoms with van der Waals surface area (Å²) >= 11 is 0. The fourth-order valence-electron chi connectivity index (χ4n) is 3.16. The van der Waals surface area contributed by atoms with Gasteiger partial charge < -0.3 is 4.90 Å². The van der Waals surface area contributed by atoms with Crippen molar-refractivity contribution in [3.63, 3.8) is 0 Å². The van der Waals surface area contributed by atoms with Gasteiger partial charge in [-0.05, 0) is 43.0 Å². The zero-order valence-corrected chi connectivity index (χ0v) is 15.9. The molecule has 0 bridgehead atoms. The molecule has 26 heavy (non-hydrogen) atoms. The third-order valence-corrected chi connectivity index (χ3v) is 6.18. The average Bonchev–Trinajstić information content (AvgIpc) is 2.65. The van der Waals surface area contributed by atoms with Crippen molar-refractivity contribution >= 4 is 27.0 Å². The van der Waals surface area contributed by atoms with Gasteiger partial charge in [0.15, 0.2) is 0 Å². The molecule has 0 spiro atoms. The Morgan fingerprint density at radius 1 is 1.35 bits per heavy atom. The van der Waals surface area contributed by atoms with Crippen LogP contribution < -0.4 is 4.72 Å². The number of fused-ring (bicyclic) bond motifs is 1. The van der Waals surface area contributed by atoms with Gasteiger partial charge in [0.2, 0.25) is 0 Å². The minimum absolute atomic E-state index is 0.0177. The molecule has 3 rings (SSSR count). The van der Waals surface area contributed by atoms with Crippen LogP contribution in [0.4, 0.5) is 0 Å². The Hall–Kier alpha value is -2.03. The summed E-state index contributed by atoms with van der Waals surface area (Å²) in [6.07, 6.45) is 3.50. The van der Waals surface area contributed by atoms with E-state index in [1.165, 1.54) is 14.1 Å². The van der Waals surface area contributed by atoms with E-state index in [0.29, 0.717) is 25.2 Å². The first kappa shape index (κ1) is 18.8. The van der Waals surface area contributed by atoms with Crippen LogP contribution in [-0.4, -0.2) is 62.2 Å². The SMILES string of the molecule is CN(C)S(=O)(=O)NCC1CCCN(C(=O)c2ccc3ncccc3c2)C1. The molecule has 0 saturated carbocycles. The molecule has 2 heterocycles. The molecule has 1 fully saturated rings. The van der Waals surface area contributed by atoms with Crippen molar-refractivity contribution in [1.29, 1.82) is 0 Å². The lowest BCUT2D eigenvalue weighted by Gasteiger charge is -2.33. The highest BCUT2D eigenvalue weighted by molar-refractivity contribution is 7.87. The summed E-state index contributed by atoms with van der Waals surface area (Å²) < 4.78 is 27.5. The van der Waals surface area contributed by atoms with Gasteiger partial charge in [-0.2, -0.15) is 12.7 Å². The molecule has 7 nitrogen and oxygen atoms in total. The molecule has 8 heteroatoms. The van der Waals surface area contributed by atoms with E-state index in [1.54, 1.807) is 12.3 Å². The van der Waals surface area contributed by atoms with Gasteiger partial charge in [-0.25, -0.2) is 4.72 Å². The standard InChI is InChI=1S/C18H24N4O3S/c1-21(2)26(24,25)20-12-14-5-4-10-22(13-14)18(23)16-7-8-17-15(11-16)6-3-9-19-17/h3,6-9,11,14,20H,4-5,10,12-13H2,1-2H3. The molecule has 1 saturated heterocycles. The third-order valence-electron chi connectivity index (χ3n) is 4.69. The number of rotatable bonds is 5. The molecule has 2 aromatic rings. The minimum Gasteiger partial charge on any atom is -0.338 e. The highest BCUT2D eigenvalue weighted by Gasteiger charge is 2.26. The Bertz CT molecular complexity index is 898. The van der Waals surface area contributed by atoms with E-state index in [-0.39, 0.29) is 11.8 Å². The van der Waals surface area contributed by atoms with E-state index in [1.807, 2.05) is 29.2 Å². The Morgan fingerprint density at radius 2 is 2.15 bits per heavy atom. The van der Waals surface area contributed by atoms with Crippen molar-refractivity contribution in [2.45, 2.75) is 12.8 Å². The number of pyridine rings is 1. The number of likely N-dealkylation sites (tertiary alicyclic amines) is 1. The van der Waals surface area contributed by atoms with Crippen LogP contribution in [-0.2, 0) is 10.2 Å². The maximum Gasteiger partial charge on any atom is 0.278 e. The highest BCUT2D eigenvalue weighted by atomic mass is 32.2. The van der Waals surface area contributed by atoms with Crippen molar-refractivity contribution in [3.05, 3.63) is 42.1 Å². The maximum absolute atomic E-state index is 12.9. The Kier molecular flexibility index (Phi) is 5.55. The summed E-state index contributed by atoms with van der Waals surface area (Å²) in [6, 6.07) is 9.31. The largest absolute Gasteiger partial charge is 0.338 e. The van der Waals surface area contributed by atoms with E-state index >= 15 is 0 Å². The topological polar surface area (TPSA) is 82.6 Å². The number of piperidine rings is 1. The number of hydrogen-bond acceptors (Lipinski definition) is 4. The number of aromatic nitrogens is 1. The number of hydrogen-bond donors (Lipinski definition) is 1. The molecular weight excluding hydrogens is 352 g/mol. The Balaban J connectivity index is 1.67. The second-order valence-electron chi connectivity index (χ2n) is 6.81. The first-order chi connectivity index (χ1) is 12.4. The fourth-order valence-corrected chi connectivity index (χ4v) is 3.86. The molecule has 1 atom stereocenters. The van der Waals surface area contributed by atoms with E-state index in [4.69, 9.17) is 0 Å². The van der Waals surface area contributed by atoms with Gasteiger partial charge in [-0.1, -0.05) is 6.07 Å². The quantitative estimate of drug-likeness (QED) is 0.857. The van der Waals surface area contributed by atoms with Crippen LogP contribution in [0.25, 0.3) is 10.9 Å². The van der Waals surface area contributed by atoms with Gasteiger partial charge in [-0.3, -0.25) is 9.78 Å². The monoisotopic (exact) mass is 376 g/mol. The molecule has 140 valence electrons. The lowest BCUT2D eigenvalue weighted by atomic mass is 9.97. The summed E-state index contributed by atoms with van der Waals surface area (Å²) in [5.41, 5.74) is 1.50. The van der Waals surface area contributed by atoms with Crippen LogP contribution in [0.5, 0.6) is 0 Å². The number of nitrogens with zero attached hydrogens (tertiary/aromatic N) is 3. The van der Waals surface area contributed by atoms with Crippen LogP contribution in [0.2, 0.25) is 0 Å². The molecule has 0 radical (unpaired) electrons. The minimum atomic E-state index is -3.44. The van der Waals surface area contributed by atoms with E-state index < -0.39 is 10.2 Å². The van der Waals surface area contributed by atoms with Crippen LogP contribution in [0.3, 0.4) is 0 Å². The lowest BCUT2D eigenvalue weighted by molar-refractivity contribution is 0.0676. The first-order valence-corrected chi connectivity index (χ1v) is 10.1. The molecule has 1 unspecified atom stereocenters. The Morgan fingerprint density at radius 3 is 2.92 bits per heavy atom. The van der Waals surface area contributed by atoms with Gasteiger partial charge in [0, 0.05) is 50.9 Å². The van der Waals surface area contributed by atoms with E-state index in [9.17, 15) is 13.2 Å². The van der Waals surface area contributed by atoms with Gasteiger partial charge in [0.1, 0.15) is 0 Å². The molecular formula is C18H24N4O3S. The fraction of sp³-hybridized carbons (Fsp3) is 0.444. The molecule has 1 aliphatic heterocycles. The van der Waals surface area contributed by atoms with Gasteiger partial charge in [-0.15, -0.1) is 0 Å². The smallest absolute Gasteiger partial charge is 0.278 e. The molecule has 1 aromatic carbocycles. The average molecular weight is 376 g/mol. The summed E-state index contributed by atoms with van der Waals surface area (Å²) in [5, 5.41) is 0.936. The summed E-state index contributed by atoms with van der Waals surface area (Å²) in [6.45, 7) is 1.59. The number of carbonyl (C=O) groups is 1.